The first kappa shape index (κ1) is 19.9. The van der Waals surface area contributed by atoms with Gasteiger partial charge in [0, 0.05) is 6.54 Å². The number of hydrogen-bond acceptors (Lipinski definition) is 6. The minimum Gasteiger partial charge on any atom is -0.382 e. The second kappa shape index (κ2) is 7.48. The minimum absolute atomic E-state index is 0.0377. The van der Waals surface area contributed by atoms with Crippen molar-refractivity contribution in [1.29, 1.82) is 5.26 Å². The topological polar surface area (TPSA) is 105 Å². The first-order valence-corrected chi connectivity index (χ1v) is 9.66. The highest BCUT2D eigenvalue weighted by Gasteiger charge is 2.36. The number of nitrogens with zero attached hydrogens (tertiary/aromatic N) is 5. The van der Waals surface area contributed by atoms with Crippen molar-refractivity contribution in [2.45, 2.75) is 44.9 Å². The van der Waals surface area contributed by atoms with Gasteiger partial charge in [0.2, 0.25) is 0 Å². The summed E-state index contributed by atoms with van der Waals surface area (Å²) in [5, 5.41) is 12.5. The average molecular weight is 415 g/mol. The molecule has 3 N–H and O–H groups in total. The van der Waals surface area contributed by atoms with Crippen LogP contribution in [-0.2, 0) is 12.7 Å². The summed E-state index contributed by atoms with van der Waals surface area (Å²) in [6.45, 7) is 2.36. The van der Waals surface area contributed by atoms with E-state index in [9.17, 15) is 18.4 Å². The van der Waals surface area contributed by atoms with Crippen molar-refractivity contribution in [3.8, 4) is 6.07 Å². The van der Waals surface area contributed by atoms with Gasteiger partial charge < -0.3 is 15.6 Å². The number of imidazole rings is 1. The number of nitrogens with two attached hydrogens (primary N) is 1. The van der Waals surface area contributed by atoms with Crippen LogP contribution in [-0.4, -0.2) is 19.5 Å². The molecule has 156 valence electrons. The van der Waals surface area contributed by atoms with E-state index < -0.39 is 17.8 Å². The van der Waals surface area contributed by atoms with Crippen LogP contribution in [0.25, 0.3) is 11.0 Å². The molecule has 1 aromatic carbocycles. The molecule has 0 unspecified atom stereocenters. The van der Waals surface area contributed by atoms with Gasteiger partial charge in [0.15, 0.2) is 0 Å². The second-order valence-corrected chi connectivity index (χ2v) is 7.39. The van der Waals surface area contributed by atoms with Gasteiger partial charge in [-0.25, -0.2) is 15.0 Å². The highest BCUT2D eigenvalue weighted by molar-refractivity contribution is 5.80. The fourth-order valence-corrected chi connectivity index (χ4v) is 3.57. The molecule has 1 fully saturated rings. The zero-order chi connectivity index (χ0) is 21.5. The second-order valence-electron chi connectivity index (χ2n) is 7.39. The normalized spacial score (nSPS) is 15.2. The number of nitrogen functional groups attached to an aromatic ring is 1. The fraction of sp³-hybridized carbons (Fsp3) is 0.400. The third-order valence-corrected chi connectivity index (χ3v) is 5.26. The molecule has 2 heterocycles. The number of nitrogens with one attached hydrogen (secondary N) is 1. The van der Waals surface area contributed by atoms with E-state index in [1.165, 1.54) is 12.4 Å². The maximum absolute atomic E-state index is 13.7. The summed E-state index contributed by atoms with van der Waals surface area (Å²) in [6, 6.07) is 5.56. The summed E-state index contributed by atoms with van der Waals surface area (Å²) in [5.74, 6) is 1.09. The van der Waals surface area contributed by atoms with Crippen molar-refractivity contribution < 1.29 is 13.2 Å². The van der Waals surface area contributed by atoms with Crippen LogP contribution < -0.4 is 11.1 Å². The molecule has 0 amide bonds. The van der Waals surface area contributed by atoms with E-state index >= 15 is 0 Å². The van der Waals surface area contributed by atoms with E-state index in [-0.39, 0.29) is 22.7 Å². The van der Waals surface area contributed by atoms with Crippen LogP contribution in [0.1, 0.15) is 49.2 Å². The minimum atomic E-state index is -4.48. The van der Waals surface area contributed by atoms with Gasteiger partial charge in [-0.15, -0.1) is 0 Å². The summed E-state index contributed by atoms with van der Waals surface area (Å²) < 4.78 is 42.8. The zero-order valence-corrected chi connectivity index (χ0v) is 16.2. The summed E-state index contributed by atoms with van der Waals surface area (Å²) >= 11 is 0. The van der Waals surface area contributed by atoms with E-state index in [1.807, 2.05) is 13.0 Å². The molecule has 1 aliphatic rings. The van der Waals surface area contributed by atoms with E-state index in [4.69, 9.17) is 5.73 Å². The molecule has 1 saturated carbocycles. The lowest BCUT2D eigenvalue weighted by molar-refractivity contribution is -0.136. The number of hydrogen-bond donors (Lipinski definition) is 2. The Bertz CT molecular complexity index is 1130. The van der Waals surface area contributed by atoms with Crippen LogP contribution in [0.15, 0.2) is 24.5 Å². The summed E-state index contributed by atoms with van der Waals surface area (Å²) in [6.07, 6.45) is -0.760. The van der Waals surface area contributed by atoms with Crippen LogP contribution in [0, 0.1) is 17.2 Å². The van der Waals surface area contributed by atoms with Crippen LogP contribution in [0.2, 0.25) is 0 Å². The Morgan fingerprint density at radius 3 is 2.73 bits per heavy atom. The maximum Gasteiger partial charge on any atom is 0.418 e. The van der Waals surface area contributed by atoms with Crippen molar-refractivity contribution >= 4 is 22.7 Å². The average Bonchev–Trinajstić information content (AvgIpc) is 3.45. The summed E-state index contributed by atoms with van der Waals surface area (Å²) in [5.41, 5.74) is 5.55. The lowest BCUT2D eigenvalue weighted by Crippen LogP contribution is -2.19. The highest BCUT2D eigenvalue weighted by Crippen LogP contribution is 2.39. The Morgan fingerprint density at radius 1 is 1.33 bits per heavy atom. The van der Waals surface area contributed by atoms with Crippen molar-refractivity contribution in [2.75, 3.05) is 11.1 Å². The Hall–Kier alpha value is -3.35. The molecule has 0 radical (unpaired) electrons. The Labute approximate surface area is 170 Å². The van der Waals surface area contributed by atoms with Gasteiger partial charge in [-0.1, -0.05) is 13.0 Å². The molecule has 0 spiro atoms. The molecule has 0 bridgehead atoms. The lowest BCUT2D eigenvalue weighted by Gasteiger charge is -2.20. The fourth-order valence-electron chi connectivity index (χ4n) is 3.57. The predicted molar refractivity (Wildman–Crippen MR) is 105 cm³/mol. The van der Waals surface area contributed by atoms with Crippen LogP contribution in [0.3, 0.4) is 0 Å². The van der Waals surface area contributed by atoms with Crippen LogP contribution in [0.5, 0.6) is 0 Å². The maximum atomic E-state index is 13.7. The van der Waals surface area contributed by atoms with Crippen molar-refractivity contribution in [3.63, 3.8) is 0 Å². The molecule has 7 nitrogen and oxygen atoms in total. The number of anilines is 2. The van der Waals surface area contributed by atoms with Crippen molar-refractivity contribution in [3.05, 3.63) is 41.5 Å². The molecule has 30 heavy (non-hydrogen) atoms. The molecule has 1 atom stereocenters. The van der Waals surface area contributed by atoms with Crippen molar-refractivity contribution in [2.24, 2.45) is 5.92 Å². The number of benzene rings is 1. The predicted octanol–water partition coefficient (Wildman–Crippen LogP) is 4.27. The molecule has 1 aliphatic carbocycles. The summed E-state index contributed by atoms with van der Waals surface area (Å²) in [4.78, 5) is 12.5. The number of rotatable bonds is 6. The number of nitriles is 1. The SMILES string of the molecule is CC[C@H](Nc1ncnc(N)c1C#N)c1nc2cccc(C(F)(F)F)c2n1CC1CC1. The van der Waals surface area contributed by atoms with Gasteiger partial charge in [-0.2, -0.15) is 18.4 Å². The first-order chi connectivity index (χ1) is 14.3. The Kier molecular flexibility index (Phi) is 4.97. The molecular formula is C20H20F3N7. The first-order valence-electron chi connectivity index (χ1n) is 9.66. The third-order valence-electron chi connectivity index (χ3n) is 5.26. The standard InChI is InChI=1S/C20H20F3N7/c1-2-14(28-18-12(8-24)17(25)26-10-27-18)19-29-15-5-3-4-13(20(21,22)23)16(15)30(19)9-11-6-7-11/h3-5,10-11,14H,2,6-7,9H2,1H3,(H3,25,26,27,28)/t14-/m0/s1. The van der Waals surface area contributed by atoms with E-state index in [0.29, 0.717) is 30.2 Å². The van der Waals surface area contributed by atoms with Gasteiger partial charge in [-0.05, 0) is 37.3 Å². The molecule has 3 aromatic rings. The Morgan fingerprint density at radius 2 is 2.10 bits per heavy atom. The van der Waals surface area contributed by atoms with Crippen LogP contribution >= 0.6 is 0 Å². The molecule has 0 saturated heterocycles. The van der Waals surface area contributed by atoms with Crippen LogP contribution in [0.4, 0.5) is 24.8 Å². The van der Waals surface area contributed by atoms with Gasteiger partial charge in [0.05, 0.1) is 22.6 Å². The number of para-hydroxylation sites is 1. The Balaban J connectivity index is 1.84. The van der Waals surface area contributed by atoms with E-state index in [1.54, 1.807) is 10.6 Å². The van der Waals surface area contributed by atoms with Gasteiger partial charge in [-0.3, -0.25) is 0 Å². The number of halogens is 3. The zero-order valence-electron chi connectivity index (χ0n) is 16.2. The molecule has 4 rings (SSSR count). The van der Waals surface area contributed by atoms with Gasteiger partial charge in [0.25, 0.3) is 0 Å². The van der Waals surface area contributed by atoms with E-state index in [0.717, 1.165) is 18.9 Å². The van der Waals surface area contributed by atoms with Gasteiger partial charge in [0.1, 0.15) is 35.4 Å². The number of aromatic nitrogens is 4. The largest absolute Gasteiger partial charge is 0.418 e. The van der Waals surface area contributed by atoms with E-state index in [2.05, 4.69) is 20.3 Å². The number of fused-ring (bicyclic) bond motifs is 1. The van der Waals surface area contributed by atoms with Crippen molar-refractivity contribution in [1.82, 2.24) is 19.5 Å². The third kappa shape index (κ3) is 3.63. The lowest BCUT2D eigenvalue weighted by atomic mass is 10.1. The summed E-state index contributed by atoms with van der Waals surface area (Å²) in [7, 11) is 0. The quantitative estimate of drug-likeness (QED) is 0.623. The molecule has 10 heteroatoms. The molecule has 2 aromatic heterocycles. The highest BCUT2D eigenvalue weighted by atomic mass is 19.4. The molecule has 0 aliphatic heterocycles. The number of alkyl halides is 3. The monoisotopic (exact) mass is 415 g/mol. The smallest absolute Gasteiger partial charge is 0.382 e. The molecular weight excluding hydrogens is 395 g/mol. The van der Waals surface area contributed by atoms with Gasteiger partial charge >= 0.3 is 6.18 Å².